The molecule has 1 unspecified atom stereocenters. The Morgan fingerprint density at radius 2 is 1.82 bits per heavy atom. The molecule has 0 saturated carbocycles. The van der Waals surface area contributed by atoms with E-state index in [1.54, 1.807) is 11.0 Å². The van der Waals surface area contributed by atoms with Crippen LogP contribution in [0.1, 0.15) is 15.9 Å². The highest BCUT2D eigenvalue weighted by molar-refractivity contribution is 7.80. The Balaban J connectivity index is 1.59. The smallest absolute Gasteiger partial charge is 0.259 e. The molecule has 1 atom stereocenters. The lowest BCUT2D eigenvalue weighted by Crippen LogP contribution is -2.48. The van der Waals surface area contributed by atoms with Crippen LogP contribution in [0.25, 0.3) is 0 Å². The fourth-order valence-electron chi connectivity index (χ4n) is 3.03. The zero-order valence-electron chi connectivity index (χ0n) is 14.7. The van der Waals surface area contributed by atoms with Crippen LogP contribution in [-0.4, -0.2) is 50.6 Å². The number of rotatable bonds is 5. The van der Waals surface area contributed by atoms with Crippen molar-refractivity contribution in [2.24, 2.45) is 0 Å². The first kappa shape index (κ1) is 20.7. The van der Waals surface area contributed by atoms with E-state index in [1.807, 2.05) is 0 Å². The number of halogens is 3. The molecule has 0 bridgehead atoms. The van der Waals surface area contributed by atoms with Gasteiger partial charge in [0, 0.05) is 32.7 Å². The van der Waals surface area contributed by atoms with E-state index in [4.69, 9.17) is 16.2 Å². The fourth-order valence-corrected chi connectivity index (χ4v) is 3.47. The highest BCUT2D eigenvalue weighted by atomic mass is 35.5. The number of nitrogens with zero attached hydrogens (tertiary/aromatic N) is 2. The van der Waals surface area contributed by atoms with E-state index in [1.165, 1.54) is 24.3 Å². The van der Waals surface area contributed by atoms with Crippen LogP contribution in [0.15, 0.2) is 36.4 Å². The Morgan fingerprint density at radius 1 is 1.11 bits per heavy atom. The fraction of sp³-hybridized carbons (Fsp3) is 0.278. The molecule has 1 saturated heterocycles. The van der Waals surface area contributed by atoms with E-state index in [2.05, 4.69) is 9.62 Å². The van der Waals surface area contributed by atoms with Gasteiger partial charge in [0.1, 0.15) is 11.6 Å². The van der Waals surface area contributed by atoms with E-state index in [0.717, 1.165) is 11.6 Å². The predicted octanol–water partition coefficient (Wildman–Crippen LogP) is 3.12. The number of hydrogen-bond acceptors (Lipinski definition) is 3. The number of hydrogen-bond donors (Lipinski definition) is 2. The van der Waals surface area contributed by atoms with Crippen LogP contribution in [0.5, 0.6) is 0 Å². The second kappa shape index (κ2) is 8.95. The van der Waals surface area contributed by atoms with Crippen LogP contribution < -0.4 is 4.72 Å². The average Bonchev–Trinajstić information content (AvgIpc) is 2.64. The van der Waals surface area contributed by atoms with Crippen LogP contribution in [0.3, 0.4) is 0 Å². The quantitative estimate of drug-likeness (QED) is 0.716. The average molecular weight is 430 g/mol. The SMILES string of the molecule is O=C(c1ccc(NS(=O)O)cc1F)N1CCN(Cc2ccc(Cl)c(F)c2)CC1. The molecule has 6 nitrogen and oxygen atoms in total. The highest BCUT2D eigenvalue weighted by Gasteiger charge is 2.24. The largest absolute Gasteiger partial charge is 0.336 e. The molecular weight excluding hydrogens is 412 g/mol. The number of piperazine rings is 1. The first-order chi connectivity index (χ1) is 13.3. The lowest BCUT2D eigenvalue weighted by Gasteiger charge is -2.34. The van der Waals surface area contributed by atoms with E-state index >= 15 is 0 Å². The van der Waals surface area contributed by atoms with Crippen molar-refractivity contribution < 1.29 is 22.3 Å². The predicted molar refractivity (Wildman–Crippen MR) is 103 cm³/mol. The minimum absolute atomic E-state index is 0.0765. The molecule has 2 aromatic rings. The van der Waals surface area contributed by atoms with Gasteiger partial charge in [-0.3, -0.25) is 19.0 Å². The third-order valence-corrected chi connectivity index (χ3v) is 5.17. The molecular formula is C18H18ClF2N3O3S. The van der Waals surface area contributed by atoms with Gasteiger partial charge >= 0.3 is 0 Å². The van der Waals surface area contributed by atoms with Gasteiger partial charge in [-0.05, 0) is 35.9 Å². The van der Waals surface area contributed by atoms with Gasteiger partial charge in [-0.25, -0.2) is 13.0 Å². The molecule has 10 heteroatoms. The zero-order valence-corrected chi connectivity index (χ0v) is 16.3. The van der Waals surface area contributed by atoms with Gasteiger partial charge in [0.25, 0.3) is 17.2 Å². The lowest BCUT2D eigenvalue weighted by atomic mass is 10.1. The minimum Gasteiger partial charge on any atom is -0.336 e. The van der Waals surface area contributed by atoms with Crippen LogP contribution >= 0.6 is 11.6 Å². The summed E-state index contributed by atoms with van der Waals surface area (Å²) in [6, 6.07) is 8.33. The number of carbonyl (C=O) groups excluding carboxylic acids is 1. The molecule has 0 radical (unpaired) electrons. The van der Waals surface area contributed by atoms with Gasteiger partial charge in [0.15, 0.2) is 0 Å². The summed E-state index contributed by atoms with van der Waals surface area (Å²) >= 11 is 3.37. The summed E-state index contributed by atoms with van der Waals surface area (Å²) in [7, 11) is 0. The number of carbonyl (C=O) groups is 1. The van der Waals surface area contributed by atoms with E-state index in [9.17, 15) is 17.8 Å². The molecule has 1 aliphatic rings. The lowest BCUT2D eigenvalue weighted by molar-refractivity contribution is 0.0624. The Hall–Kier alpha value is -2.07. The van der Waals surface area contributed by atoms with Crippen molar-refractivity contribution in [1.82, 2.24) is 9.80 Å². The maximum atomic E-state index is 14.2. The maximum Gasteiger partial charge on any atom is 0.259 e. The number of anilines is 1. The Morgan fingerprint density at radius 3 is 2.43 bits per heavy atom. The summed E-state index contributed by atoms with van der Waals surface area (Å²) in [6.45, 7) is 2.49. The van der Waals surface area contributed by atoms with Gasteiger partial charge in [0.05, 0.1) is 16.3 Å². The number of benzene rings is 2. The van der Waals surface area contributed by atoms with Gasteiger partial charge < -0.3 is 4.90 Å². The molecule has 1 heterocycles. The third-order valence-electron chi connectivity index (χ3n) is 4.45. The molecule has 1 amide bonds. The van der Waals surface area contributed by atoms with E-state index in [-0.39, 0.29) is 16.3 Å². The molecule has 1 fully saturated rings. The van der Waals surface area contributed by atoms with Crippen molar-refractivity contribution in [2.45, 2.75) is 6.54 Å². The summed E-state index contributed by atoms with van der Waals surface area (Å²) in [4.78, 5) is 16.2. The van der Waals surface area contributed by atoms with Gasteiger partial charge in [-0.2, -0.15) is 0 Å². The molecule has 150 valence electrons. The van der Waals surface area contributed by atoms with Crippen LogP contribution in [0, 0.1) is 11.6 Å². The summed E-state index contributed by atoms with van der Waals surface area (Å²) in [5, 5.41) is 0.0765. The Kier molecular flexibility index (Phi) is 6.61. The van der Waals surface area contributed by atoms with Crippen LogP contribution in [0.2, 0.25) is 5.02 Å². The minimum atomic E-state index is -2.32. The second-order valence-electron chi connectivity index (χ2n) is 6.36. The molecule has 3 rings (SSSR count). The summed E-state index contributed by atoms with van der Waals surface area (Å²) < 4.78 is 49.4. The summed E-state index contributed by atoms with van der Waals surface area (Å²) in [5.41, 5.74) is 0.800. The molecule has 1 aliphatic heterocycles. The van der Waals surface area contributed by atoms with Crippen molar-refractivity contribution >= 4 is 34.5 Å². The zero-order chi connectivity index (χ0) is 20.3. The van der Waals surface area contributed by atoms with Crippen molar-refractivity contribution in [3.63, 3.8) is 0 Å². The van der Waals surface area contributed by atoms with Crippen molar-refractivity contribution in [1.29, 1.82) is 0 Å². The van der Waals surface area contributed by atoms with Crippen LogP contribution in [0.4, 0.5) is 14.5 Å². The highest BCUT2D eigenvalue weighted by Crippen LogP contribution is 2.20. The third kappa shape index (κ3) is 5.05. The van der Waals surface area contributed by atoms with Gasteiger partial charge in [0.2, 0.25) is 0 Å². The number of amides is 1. The summed E-state index contributed by atoms with van der Waals surface area (Å²) in [5.74, 6) is -1.67. The van der Waals surface area contributed by atoms with Crippen molar-refractivity contribution in [3.8, 4) is 0 Å². The van der Waals surface area contributed by atoms with Gasteiger partial charge in [-0.1, -0.05) is 17.7 Å². The molecule has 0 aliphatic carbocycles. The first-order valence-electron chi connectivity index (χ1n) is 8.46. The van der Waals surface area contributed by atoms with Crippen LogP contribution in [-0.2, 0) is 17.8 Å². The molecule has 0 spiro atoms. The molecule has 0 aromatic heterocycles. The Labute approximate surface area is 168 Å². The monoisotopic (exact) mass is 429 g/mol. The molecule has 28 heavy (non-hydrogen) atoms. The number of nitrogens with one attached hydrogen (secondary N) is 1. The Bertz CT molecular complexity index is 908. The maximum absolute atomic E-state index is 14.2. The van der Waals surface area contributed by atoms with E-state index < -0.39 is 28.8 Å². The van der Waals surface area contributed by atoms with Gasteiger partial charge in [-0.15, -0.1) is 0 Å². The second-order valence-corrected chi connectivity index (χ2v) is 7.47. The normalized spacial score (nSPS) is 16.1. The standard InChI is InChI=1S/C18H18ClF2N3O3S/c19-15-4-1-12(9-17(15)21)11-23-5-7-24(8-6-23)18(25)14-3-2-13(10-16(14)20)22-28(26)27/h1-4,9-10,22H,5-8,11H2,(H,26,27). The first-order valence-corrected chi connectivity index (χ1v) is 9.94. The van der Waals surface area contributed by atoms with Crippen molar-refractivity contribution in [2.75, 3.05) is 30.9 Å². The molecule has 2 aromatic carbocycles. The van der Waals surface area contributed by atoms with Crippen molar-refractivity contribution in [3.05, 3.63) is 64.2 Å². The molecule has 2 N–H and O–H groups in total. The topological polar surface area (TPSA) is 72.9 Å². The summed E-state index contributed by atoms with van der Waals surface area (Å²) in [6.07, 6.45) is 0. The van der Waals surface area contributed by atoms with E-state index in [0.29, 0.717) is 32.7 Å².